The number of carbonyl (C=O) groups is 2. The number of benzene rings is 1. The van der Waals surface area contributed by atoms with E-state index in [2.05, 4.69) is 5.32 Å². The number of hydrogen-bond acceptors (Lipinski definition) is 7. The summed E-state index contributed by atoms with van der Waals surface area (Å²) in [6, 6.07) is 6.86. The minimum absolute atomic E-state index is 0.120. The second-order valence-electron chi connectivity index (χ2n) is 6.61. The lowest BCUT2D eigenvalue weighted by Gasteiger charge is -2.37. The number of furan rings is 1. The van der Waals surface area contributed by atoms with Crippen molar-refractivity contribution in [2.45, 2.75) is 13.0 Å². The minimum atomic E-state index is -0.528. The molecular weight excluding hydrogens is 380 g/mol. The number of piperazine rings is 1. The van der Waals surface area contributed by atoms with Gasteiger partial charge < -0.3 is 19.4 Å². The molecule has 0 bridgehead atoms. The SMILES string of the molecule is COc1cc([N+](=O)[O-])ccc1NC(=O)[C@@H](C)N1CCN(C(=O)c2ccco2)CC1. The third kappa shape index (κ3) is 4.54. The zero-order valence-corrected chi connectivity index (χ0v) is 16.2. The summed E-state index contributed by atoms with van der Waals surface area (Å²) in [7, 11) is 1.38. The summed E-state index contributed by atoms with van der Waals surface area (Å²) in [6.07, 6.45) is 1.46. The summed E-state index contributed by atoms with van der Waals surface area (Å²) >= 11 is 0. The molecular formula is C19H22N4O6. The Bertz CT molecular complexity index is 890. The van der Waals surface area contributed by atoms with Gasteiger partial charge in [-0.1, -0.05) is 0 Å². The van der Waals surface area contributed by atoms with Crippen LogP contribution in [0.4, 0.5) is 11.4 Å². The van der Waals surface area contributed by atoms with E-state index in [4.69, 9.17) is 9.15 Å². The van der Waals surface area contributed by atoms with Crippen LogP contribution in [0.5, 0.6) is 5.75 Å². The Morgan fingerprint density at radius 2 is 1.97 bits per heavy atom. The highest BCUT2D eigenvalue weighted by atomic mass is 16.6. The van der Waals surface area contributed by atoms with E-state index in [1.165, 1.54) is 31.6 Å². The van der Waals surface area contributed by atoms with E-state index in [-0.39, 0.29) is 23.3 Å². The van der Waals surface area contributed by atoms with Gasteiger partial charge in [0, 0.05) is 32.2 Å². The predicted molar refractivity (Wildman–Crippen MR) is 104 cm³/mol. The zero-order valence-electron chi connectivity index (χ0n) is 16.2. The van der Waals surface area contributed by atoms with Crippen LogP contribution < -0.4 is 10.1 Å². The van der Waals surface area contributed by atoms with E-state index in [9.17, 15) is 19.7 Å². The van der Waals surface area contributed by atoms with Crippen LogP contribution in [0.1, 0.15) is 17.5 Å². The van der Waals surface area contributed by atoms with Crippen molar-refractivity contribution in [2.24, 2.45) is 0 Å². The molecule has 2 heterocycles. The maximum absolute atomic E-state index is 12.7. The van der Waals surface area contributed by atoms with Crippen LogP contribution in [0.3, 0.4) is 0 Å². The lowest BCUT2D eigenvalue weighted by atomic mass is 10.2. The summed E-state index contributed by atoms with van der Waals surface area (Å²) in [4.78, 5) is 39.0. The fourth-order valence-corrected chi connectivity index (χ4v) is 3.17. The van der Waals surface area contributed by atoms with Gasteiger partial charge in [0.15, 0.2) is 5.76 Å². The molecule has 29 heavy (non-hydrogen) atoms. The van der Waals surface area contributed by atoms with Gasteiger partial charge in [-0.25, -0.2) is 0 Å². The van der Waals surface area contributed by atoms with Crippen molar-refractivity contribution in [2.75, 3.05) is 38.6 Å². The minimum Gasteiger partial charge on any atom is -0.494 e. The molecule has 1 N–H and O–H groups in total. The molecule has 2 amide bonds. The highest BCUT2D eigenvalue weighted by Crippen LogP contribution is 2.29. The van der Waals surface area contributed by atoms with Crippen LogP contribution in [0.25, 0.3) is 0 Å². The van der Waals surface area contributed by atoms with Crippen LogP contribution in [0.15, 0.2) is 41.0 Å². The summed E-state index contributed by atoms with van der Waals surface area (Å²) in [5.41, 5.74) is 0.242. The first-order chi connectivity index (χ1) is 13.9. The molecule has 1 aliphatic heterocycles. The molecule has 1 fully saturated rings. The molecule has 10 nitrogen and oxygen atoms in total. The Labute approximate surface area is 167 Å². The molecule has 3 rings (SSSR count). The highest BCUT2D eigenvalue weighted by molar-refractivity contribution is 5.96. The average Bonchev–Trinajstić information content (AvgIpc) is 3.27. The van der Waals surface area contributed by atoms with Crippen molar-refractivity contribution in [1.82, 2.24) is 9.80 Å². The lowest BCUT2D eigenvalue weighted by Crippen LogP contribution is -2.54. The Kier molecular flexibility index (Phi) is 6.13. The van der Waals surface area contributed by atoms with Gasteiger partial charge >= 0.3 is 0 Å². The molecule has 154 valence electrons. The molecule has 1 aliphatic rings. The average molecular weight is 402 g/mol. The van der Waals surface area contributed by atoms with Gasteiger partial charge in [-0.15, -0.1) is 0 Å². The number of rotatable bonds is 6. The van der Waals surface area contributed by atoms with Gasteiger partial charge in [0.25, 0.3) is 11.6 Å². The first-order valence-corrected chi connectivity index (χ1v) is 9.11. The van der Waals surface area contributed by atoms with Crippen LogP contribution in [-0.4, -0.2) is 65.9 Å². The van der Waals surface area contributed by atoms with Gasteiger partial charge in [0.05, 0.1) is 36.1 Å². The van der Waals surface area contributed by atoms with Crippen molar-refractivity contribution in [1.29, 1.82) is 0 Å². The highest BCUT2D eigenvalue weighted by Gasteiger charge is 2.29. The largest absolute Gasteiger partial charge is 0.494 e. The standard InChI is InChI=1S/C19H22N4O6/c1-13(18(24)20-15-6-5-14(23(26)27)12-17(15)28-2)21-7-9-22(10-8-21)19(25)16-4-3-11-29-16/h3-6,11-13H,7-10H2,1-2H3,(H,20,24)/t13-/m1/s1. The Morgan fingerprint density at radius 3 is 2.55 bits per heavy atom. The summed E-state index contributed by atoms with van der Waals surface area (Å²) < 4.78 is 10.3. The molecule has 1 aromatic carbocycles. The summed E-state index contributed by atoms with van der Waals surface area (Å²) in [5.74, 6) is 0.0912. The van der Waals surface area contributed by atoms with E-state index in [0.29, 0.717) is 37.6 Å². The van der Waals surface area contributed by atoms with Crippen LogP contribution >= 0.6 is 0 Å². The quantitative estimate of drug-likeness (QED) is 0.580. The number of non-ortho nitro benzene ring substituents is 1. The monoisotopic (exact) mass is 402 g/mol. The van der Waals surface area contributed by atoms with Crippen LogP contribution in [-0.2, 0) is 4.79 Å². The summed E-state index contributed by atoms with van der Waals surface area (Å²) in [5, 5.41) is 13.6. The van der Waals surface area contributed by atoms with E-state index >= 15 is 0 Å². The topological polar surface area (TPSA) is 118 Å². The van der Waals surface area contributed by atoms with Crippen molar-refractivity contribution in [3.63, 3.8) is 0 Å². The number of carbonyl (C=O) groups excluding carboxylic acids is 2. The molecule has 1 saturated heterocycles. The van der Waals surface area contributed by atoms with Crippen LogP contribution in [0, 0.1) is 10.1 Å². The third-order valence-electron chi connectivity index (χ3n) is 4.91. The number of methoxy groups -OCH3 is 1. The fraction of sp³-hybridized carbons (Fsp3) is 0.368. The maximum atomic E-state index is 12.7. The van der Waals surface area contributed by atoms with E-state index in [1.54, 1.807) is 24.0 Å². The molecule has 0 radical (unpaired) electrons. The Balaban J connectivity index is 1.58. The normalized spacial score (nSPS) is 15.6. The predicted octanol–water partition coefficient (Wildman–Crippen LogP) is 1.98. The first kappa shape index (κ1) is 20.3. The van der Waals surface area contributed by atoms with E-state index < -0.39 is 11.0 Å². The van der Waals surface area contributed by atoms with Gasteiger partial charge in [-0.2, -0.15) is 0 Å². The van der Waals surface area contributed by atoms with E-state index in [0.717, 1.165) is 0 Å². The number of hydrogen-bond donors (Lipinski definition) is 1. The number of nitrogens with one attached hydrogen (secondary N) is 1. The third-order valence-corrected chi connectivity index (χ3v) is 4.91. The second-order valence-corrected chi connectivity index (χ2v) is 6.61. The number of nitrogens with zero attached hydrogens (tertiary/aromatic N) is 3. The lowest BCUT2D eigenvalue weighted by molar-refractivity contribution is -0.384. The molecule has 0 saturated carbocycles. The van der Waals surface area contributed by atoms with Gasteiger partial charge in [-0.3, -0.25) is 24.6 Å². The van der Waals surface area contributed by atoms with Crippen molar-refractivity contribution in [3.8, 4) is 5.75 Å². The van der Waals surface area contributed by atoms with Crippen molar-refractivity contribution >= 4 is 23.2 Å². The molecule has 1 aromatic heterocycles. The van der Waals surface area contributed by atoms with Gasteiger partial charge in [0.1, 0.15) is 5.75 Å². The molecule has 1 atom stereocenters. The van der Waals surface area contributed by atoms with Crippen molar-refractivity contribution < 1.29 is 23.7 Å². The van der Waals surface area contributed by atoms with Gasteiger partial charge in [-0.05, 0) is 25.1 Å². The maximum Gasteiger partial charge on any atom is 0.289 e. The molecule has 10 heteroatoms. The smallest absolute Gasteiger partial charge is 0.289 e. The molecule has 0 spiro atoms. The number of ether oxygens (including phenoxy) is 1. The van der Waals surface area contributed by atoms with Gasteiger partial charge in [0.2, 0.25) is 5.91 Å². The molecule has 0 aliphatic carbocycles. The van der Waals surface area contributed by atoms with Crippen LogP contribution in [0.2, 0.25) is 0 Å². The molecule has 2 aromatic rings. The Morgan fingerprint density at radius 1 is 1.24 bits per heavy atom. The first-order valence-electron chi connectivity index (χ1n) is 9.11. The number of nitro groups is 1. The molecule has 0 unspecified atom stereocenters. The summed E-state index contributed by atoms with van der Waals surface area (Å²) in [6.45, 7) is 3.82. The fourth-order valence-electron chi connectivity index (χ4n) is 3.17. The second kappa shape index (κ2) is 8.74. The zero-order chi connectivity index (χ0) is 21.0. The van der Waals surface area contributed by atoms with Crippen molar-refractivity contribution in [3.05, 3.63) is 52.5 Å². The Hall–Kier alpha value is -3.40. The number of anilines is 1. The number of amides is 2. The van der Waals surface area contributed by atoms with E-state index in [1.807, 2.05) is 4.90 Å². The number of nitro benzene ring substituents is 1.